The van der Waals surface area contributed by atoms with Crippen LogP contribution >= 0.6 is 27.7 Å². The van der Waals surface area contributed by atoms with Crippen LogP contribution in [0.4, 0.5) is 0 Å². The maximum atomic E-state index is 12.6. The van der Waals surface area contributed by atoms with Crippen LogP contribution in [-0.2, 0) is 14.6 Å². The van der Waals surface area contributed by atoms with Crippen LogP contribution in [0.3, 0.4) is 0 Å². The monoisotopic (exact) mass is 429 g/mol. The molecule has 1 heterocycles. The fraction of sp³-hybridized carbons (Fsp3) is 0.471. The molecule has 2 rings (SSSR count). The molecule has 0 N–H and O–H groups in total. The van der Waals surface area contributed by atoms with E-state index in [1.165, 1.54) is 11.8 Å². The Morgan fingerprint density at radius 1 is 1.42 bits per heavy atom. The Morgan fingerprint density at radius 2 is 2.12 bits per heavy atom. The molecule has 24 heavy (non-hydrogen) atoms. The van der Waals surface area contributed by atoms with Gasteiger partial charge < -0.3 is 4.90 Å². The van der Waals surface area contributed by atoms with Gasteiger partial charge in [0.1, 0.15) is 0 Å². The summed E-state index contributed by atoms with van der Waals surface area (Å²) in [6.45, 7) is 4.15. The predicted octanol–water partition coefficient (Wildman–Crippen LogP) is 2.81. The Hall–Kier alpha value is -0.970. The molecule has 1 fully saturated rings. The second-order valence-corrected chi connectivity index (χ2v) is 10.0. The van der Waals surface area contributed by atoms with Gasteiger partial charge in [0.05, 0.1) is 23.8 Å². The van der Waals surface area contributed by atoms with Gasteiger partial charge in [-0.25, -0.2) is 8.42 Å². The molecule has 4 nitrogen and oxygen atoms in total. The molecule has 0 bridgehead atoms. The van der Waals surface area contributed by atoms with Crippen LogP contribution in [-0.4, -0.2) is 49.1 Å². The standard InChI is InChI=1S/C17H20BrNO3S2/c1-4-6-19(14-5-7-24(21,22)11-14)17(20)10-23-16-9-12(2)15(18)8-13(16)3/h1,8-9,14H,5-7,10-11H2,2-3H3. The summed E-state index contributed by atoms with van der Waals surface area (Å²) in [5.74, 6) is 2.76. The summed E-state index contributed by atoms with van der Waals surface area (Å²) < 4.78 is 24.4. The molecule has 0 aliphatic carbocycles. The van der Waals surface area contributed by atoms with E-state index in [0.717, 1.165) is 20.5 Å². The third kappa shape index (κ3) is 4.78. The summed E-state index contributed by atoms with van der Waals surface area (Å²) in [4.78, 5) is 15.2. The fourth-order valence-corrected chi connectivity index (χ4v) is 5.85. The van der Waals surface area contributed by atoms with E-state index in [4.69, 9.17) is 6.42 Å². The van der Waals surface area contributed by atoms with Crippen molar-refractivity contribution < 1.29 is 13.2 Å². The number of halogens is 1. The van der Waals surface area contributed by atoms with Gasteiger partial charge in [-0.15, -0.1) is 18.2 Å². The zero-order valence-corrected chi connectivity index (χ0v) is 16.9. The van der Waals surface area contributed by atoms with Gasteiger partial charge in [-0.2, -0.15) is 0 Å². The topological polar surface area (TPSA) is 54.5 Å². The molecule has 7 heteroatoms. The average molecular weight is 430 g/mol. The summed E-state index contributed by atoms with van der Waals surface area (Å²) in [5, 5.41) is 0. The van der Waals surface area contributed by atoms with Crippen LogP contribution in [0.1, 0.15) is 17.5 Å². The SMILES string of the molecule is C#CCN(C(=O)CSc1cc(C)c(Br)cc1C)C1CCS(=O)(=O)C1. The highest BCUT2D eigenvalue weighted by molar-refractivity contribution is 9.10. The molecule has 0 saturated carbocycles. The van der Waals surface area contributed by atoms with Crippen molar-refractivity contribution in [3.05, 3.63) is 27.7 Å². The number of terminal acetylenes is 1. The highest BCUT2D eigenvalue weighted by Crippen LogP contribution is 2.29. The van der Waals surface area contributed by atoms with Crippen LogP contribution in [0.5, 0.6) is 0 Å². The number of amides is 1. The third-order valence-electron chi connectivity index (χ3n) is 4.04. The van der Waals surface area contributed by atoms with Crippen LogP contribution in [0.2, 0.25) is 0 Å². The Morgan fingerprint density at radius 3 is 2.71 bits per heavy atom. The summed E-state index contributed by atoms with van der Waals surface area (Å²) >= 11 is 4.96. The van der Waals surface area contributed by atoms with Gasteiger partial charge in [-0.05, 0) is 43.5 Å². The second-order valence-electron chi connectivity index (χ2n) is 5.94. The number of benzene rings is 1. The molecule has 1 aromatic carbocycles. The number of nitrogens with zero attached hydrogens (tertiary/aromatic N) is 1. The van der Waals surface area contributed by atoms with Crippen molar-refractivity contribution in [2.75, 3.05) is 23.8 Å². The summed E-state index contributed by atoms with van der Waals surface area (Å²) in [7, 11) is -3.05. The van der Waals surface area contributed by atoms with Gasteiger partial charge in [0.25, 0.3) is 0 Å². The van der Waals surface area contributed by atoms with Gasteiger partial charge in [-0.3, -0.25) is 4.79 Å². The lowest BCUT2D eigenvalue weighted by Gasteiger charge is -2.26. The molecule has 1 aliphatic heterocycles. The lowest BCUT2D eigenvalue weighted by Crippen LogP contribution is -2.42. The van der Waals surface area contributed by atoms with Gasteiger partial charge in [0.15, 0.2) is 9.84 Å². The van der Waals surface area contributed by atoms with E-state index in [1.807, 2.05) is 26.0 Å². The van der Waals surface area contributed by atoms with Crippen LogP contribution < -0.4 is 0 Å². The van der Waals surface area contributed by atoms with Crippen molar-refractivity contribution in [2.24, 2.45) is 0 Å². The zero-order valence-electron chi connectivity index (χ0n) is 13.7. The minimum Gasteiger partial charge on any atom is -0.327 e. The largest absolute Gasteiger partial charge is 0.327 e. The molecule has 1 saturated heterocycles. The highest BCUT2D eigenvalue weighted by Gasteiger charge is 2.34. The zero-order chi connectivity index (χ0) is 17.9. The van der Waals surface area contributed by atoms with Crippen LogP contribution in [0.25, 0.3) is 0 Å². The summed E-state index contributed by atoms with van der Waals surface area (Å²) in [6, 6.07) is 3.78. The number of sulfone groups is 1. The molecular formula is C17H20BrNO3S2. The summed E-state index contributed by atoms with van der Waals surface area (Å²) in [6.07, 6.45) is 5.83. The number of thioether (sulfide) groups is 1. The van der Waals surface area contributed by atoms with Crippen molar-refractivity contribution >= 4 is 43.4 Å². The average Bonchev–Trinajstić information content (AvgIpc) is 2.86. The van der Waals surface area contributed by atoms with Crippen molar-refractivity contribution in [1.82, 2.24) is 4.90 Å². The quantitative estimate of drug-likeness (QED) is 0.533. The Bertz CT molecular complexity index is 784. The van der Waals surface area contributed by atoms with E-state index in [9.17, 15) is 13.2 Å². The van der Waals surface area contributed by atoms with Crippen LogP contribution in [0, 0.1) is 26.2 Å². The van der Waals surface area contributed by atoms with Crippen molar-refractivity contribution in [3.63, 3.8) is 0 Å². The molecule has 1 aliphatic rings. The Balaban J connectivity index is 2.06. The molecule has 0 spiro atoms. The molecular weight excluding hydrogens is 410 g/mol. The third-order valence-corrected chi connectivity index (χ3v) is 7.79. The number of hydrogen-bond donors (Lipinski definition) is 0. The number of rotatable bonds is 5. The Kier molecular flexibility index (Phi) is 6.40. The van der Waals surface area contributed by atoms with E-state index in [2.05, 4.69) is 21.9 Å². The second kappa shape index (κ2) is 7.94. The maximum Gasteiger partial charge on any atom is 0.234 e. The highest BCUT2D eigenvalue weighted by atomic mass is 79.9. The minimum atomic E-state index is -3.05. The lowest BCUT2D eigenvalue weighted by molar-refractivity contribution is -0.129. The first-order valence-electron chi connectivity index (χ1n) is 7.56. The molecule has 1 atom stereocenters. The van der Waals surface area contributed by atoms with Crippen molar-refractivity contribution in [1.29, 1.82) is 0 Å². The van der Waals surface area contributed by atoms with Crippen LogP contribution in [0.15, 0.2) is 21.5 Å². The minimum absolute atomic E-state index is 0.0154. The molecule has 130 valence electrons. The van der Waals surface area contributed by atoms with Gasteiger partial charge in [-0.1, -0.05) is 21.9 Å². The number of hydrogen-bond acceptors (Lipinski definition) is 4. The fourth-order valence-electron chi connectivity index (χ4n) is 2.67. The maximum absolute atomic E-state index is 12.6. The lowest BCUT2D eigenvalue weighted by atomic mass is 10.2. The molecule has 1 amide bonds. The molecule has 1 unspecified atom stereocenters. The van der Waals surface area contributed by atoms with Crippen molar-refractivity contribution in [3.8, 4) is 12.3 Å². The van der Waals surface area contributed by atoms with E-state index in [0.29, 0.717) is 6.42 Å². The number of carbonyl (C=O) groups is 1. The van der Waals surface area contributed by atoms with Gasteiger partial charge in [0.2, 0.25) is 5.91 Å². The predicted molar refractivity (Wildman–Crippen MR) is 102 cm³/mol. The van der Waals surface area contributed by atoms with E-state index in [-0.39, 0.29) is 35.8 Å². The van der Waals surface area contributed by atoms with E-state index in [1.54, 1.807) is 4.90 Å². The Labute approximate surface area is 156 Å². The number of aryl methyl sites for hydroxylation is 2. The van der Waals surface area contributed by atoms with Gasteiger partial charge in [0, 0.05) is 15.4 Å². The van der Waals surface area contributed by atoms with E-state index >= 15 is 0 Å². The summed E-state index contributed by atoms with van der Waals surface area (Å²) in [5.41, 5.74) is 2.20. The molecule has 0 radical (unpaired) electrons. The number of carbonyl (C=O) groups excluding carboxylic acids is 1. The smallest absolute Gasteiger partial charge is 0.234 e. The first-order valence-corrected chi connectivity index (χ1v) is 11.2. The first-order chi connectivity index (χ1) is 11.2. The molecule has 1 aromatic rings. The van der Waals surface area contributed by atoms with Crippen molar-refractivity contribution in [2.45, 2.75) is 31.2 Å². The van der Waals surface area contributed by atoms with E-state index < -0.39 is 9.84 Å². The first kappa shape index (κ1) is 19.4. The molecule has 0 aromatic heterocycles. The van der Waals surface area contributed by atoms with Gasteiger partial charge >= 0.3 is 0 Å². The normalized spacial score (nSPS) is 19.0.